The Hall–Kier alpha value is -0.930. The van der Waals surface area contributed by atoms with Gasteiger partial charge in [0.1, 0.15) is 5.75 Å². The van der Waals surface area contributed by atoms with Crippen molar-refractivity contribution in [2.75, 3.05) is 19.6 Å². The Morgan fingerprint density at radius 1 is 1.26 bits per heavy atom. The van der Waals surface area contributed by atoms with Crippen LogP contribution in [0.2, 0.25) is 0 Å². The average Bonchev–Trinajstić information content (AvgIpc) is 2.46. The van der Waals surface area contributed by atoms with Crippen molar-refractivity contribution in [3.05, 3.63) is 29.3 Å². The summed E-state index contributed by atoms with van der Waals surface area (Å²) < 4.78 is 10.9. The van der Waals surface area contributed by atoms with E-state index in [1.54, 1.807) is 7.11 Å². The second-order valence-electron chi connectivity index (χ2n) is 6.43. The smallest absolute Gasteiger partial charge is 0.188 e. The Labute approximate surface area is 151 Å². The lowest BCUT2D eigenvalue weighted by Gasteiger charge is -2.24. The van der Waals surface area contributed by atoms with Crippen LogP contribution in [0.4, 0.5) is 0 Å². The third kappa shape index (κ3) is 6.60. The molecule has 23 heavy (non-hydrogen) atoms. The minimum Gasteiger partial charge on any atom is -0.497 e. The predicted octanol–water partition coefficient (Wildman–Crippen LogP) is 5.53. The van der Waals surface area contributed by atoms with Crippen LogP contribution < -0.4 is 4.74 Å². The molecule has 0 radical (unpaired) electrons. The van der Waals surface area contributed by atoms with Crippen molar-refractivity contribution in [2.45, 2.75) is 51.9 Å². The summed E-state index contributed by atoms with van der Waals surface area (Å²) in [7, 11) is 1.67. The number of benzene rings is 1. The van der Waals surface area contributed by atoms with Crippen molar-refractivity contribution in [3.8, 4) is 5.75 Å². The van der Waals surface area contributed by atoms with Gasteiger partial charge in [-0.2, -0.15) is 0 Å². The summed E-state index contributed by atoms with van der Waals surface area (Å²) in [6.45, 7) is 8.93. The molecule has 1 aromatic carbocycles. The van der Waals surface area contributed by atoms with E-state index in [-0.39, 0.29) is 23.7 Å². The maximum Gasteiger partial charge on any atom is 0.188 e. The van der Waals surface area contributed by atoms with E-state index >= 15 is 0 Å². The van der Waals surface area contributed by atoms with Crippen molar-refractivity contribution < 1.29 is 9.47 Å². The largest absolute Gasteiger partial charge is 0.497 e. The summed E-state index contributed by atoms with van der Waals surface area (Å²) in [6, 6.07) is 6.23. The van der Waals surface area contributed by atoms with Crippen molar-refractivity contribution in [2.24, 2.45) is 0 Å². The molecule has 132 valence electrons. The van der Waals surface area contributed by atoms with Crippen LogP contribution in [-0.4, -0.2) is 25.5 Å². The molecule has 1 aromatic rings. The molecular formula is C18H29Cl2NO2. The zero-order chi connectivity index (χ0) is 16.8. The lowest BCUT2D eigenvalue weighted by Crippen LogP contribution is -2.18. The van der Waals surface area contributed by atoms with E-state index in [4.69, 9.17) is 26.5 Å². The van der Waals surface area contributed by atoms with Crippen molar-refractivity contribution in [1.82, 2.24) is 0 Å². The summed E-state index contributed by atoms with van der Waals surface area (Å²) in [6.07, 6.45) is 1.66. The zero-order valence-corrected chi connectivity index (χ0v) is 16.3. The van der Waals surface area contributed by atoms with Gasteiger partial charge in [0.2, 0.25) is 0 Å². The molecule has 0 saturated carbocycles. The van der Waals surface area contributed by atoms with Crippen LogP contribution in [-0.2, 0) is 10.2 Å². The molecule has 1 unspecified atom stereocenters. The number of methoxy groups -OCH3 is 1. The highest BCUT2D eigenvalue weighted by Crippen LogP contribution is 2.33. The summed E-state index contributed by atoms with van der Waals surface area (Å²) in [5.41, 5.74) is 2.28. The molecule has 1 N–H and O–H groups in total. The van der Waals surface area contributed by atoms with Crippen molar-refractivity contribution in [1.29, 1.82) is 5.41 Å². The average molecular weight is 362 g/mol. The monoisotopic (exact) mass is 361 g/mol. The van der Waals surface area contributed by atoms with Crippen LogP contribution in [0.25, 0.3) is 0 Å². The van der Waals surface area contributed by atoms with Gasteiger partial charge in [-0.15, -0.1) is 24.0 Å². The summed E-state index contributed by atoms with van der Waals surface area (Å²) in [5, 5.41) is 8.21. The third-order valence-corrected chi connectivity index (χ3v) is 3.94. The van der Waals surface area contributed by atoms with Crippen LogP contribution in [0.5, 0.6) is 5.75 Å². The van der Waals surface area contributed by atoms with Gasteiger partial charge in [0.05, 0.1) is 19.6 Å². The molecule has 0 aromatic heterocycles. The van der Waals surface area contributed by atoms with E-state index in [0.717, 1.165) is 24.2 Å². The Kier molecular flexibility index (Phi) is 9.64. The van der Waals surface area contributed by atoms with Crippen molar-refractivity contribution >= 4 is 29.9 Å². The van der Waals surface area contributed by atoms with Gasteiger partial charge in [-0.1, -0.05) is 26.8 Å². The third-order valence-electron chi connectivity index (χ3n) is 3.68. The van der Waals surface area contributed by atoms with Gasteiger partial charge in [0, 0.05) is 5.88 Å². The van der Waals surface area contributed by atoms with Crippen molar-refractivity contribution in [3.63, 3.8) is 0 Å². The molecule has 1 rings (SSSR count). The number of hydrogen-bond acceptors (Lipinski definition) is 3. The molecule has 0 bridgehead atoms. The SMILES string of the molecule is CCOC(=N)C(CCCCl)c1cc(OC)cc(C(C)(C)C)c1.Cl. The Bertz CT molecular complexity index is 498. The van der Waals surface area contributed by atoms with Crippen LogP contribution >= 0.6 is 24.0 Å². The number of halogens is 2. The van der Waals surface area contributed by atoms with E-state index in [0.29, 0.717) is 18.4 Å². The van der Waals surface area contributed by atoms with Gasteiger partial charge in [-0.25, -0.2) is 0 Å². The van der Waals surface area contributed by atoms with Gasteiger partial charge >= 0.3 is 0 Å². The Morgan fingerprint density at radius 3 is 2.39 bits per heavy atom. The van der Waals surface area contributed by atoms with Crippen LogP contribution in [0.3, 0.4) is 0 Å². The molecule has 0 aliphatic rings. The normalized spacial score (nSPS) is 12.3. The molecule has 0 fully saturated rings. The topological polar surface area (TPSA) is 42.3 Å². The van der Waals surface area contributed by atoms with Gasteiger partial charge < -0.3 is 9.47 Å². The highest BCUT2D eigenvalue weighted by atomic mass is 35.5. The molecule has 0 aliphatic heterocycles. The summed E-state index contributed by atoms with van der Waals surface area (Å²) in [5.74, 6) is 1.64. The van der Waals surface area contributed by atoms with E-state index in [1.807, 2.05) is 13.0 Å². The number of rotatable bonds is 7. The Morgan fingerprint density at radius 2 is 1.91 bits per heavy atom. The Balaban J connectivity index is 0.00000484. The fourth-order valence-electron chi connectivity index (χ4n) is 2.36. The molecule has 0 saturated heterocycles. The molecule has 0 amide bonds. The molecule has 1 atom stereocenters. The van der Waals surface area contributed by atoms with Gasteiger partial charge in [-0.05, 0) is 48.4 Å². The van der Waals surface area contributed by atoms with Crippen LogP contribution in [0, 0.1) is 5.41 Å². The minimum atomic E-state index is -0.0742. The first kappa shape index (κ1) is 22.1. The molecule has 3 nitrogen and oxygen atoms in total. The molecule has 5 heteroatoms. The fraction of sp³-hybridized carbons (Fsp3) is 0.611. The maximum absolute atomic E-state index is 8.21. The summed E-state index contributed by atoms with van der Waals surface area (Å²) >= 11 is 5.84. The highest BCUT2D eigenvalue weighted by Gasteiger charge is 2.22. The number of ether oxygens (including phenoxy) is 2. The van der Waals surface area contributed by atoms with Crippen LogP contribution in [0.1, 0.15) is 57.6 Å². The van der Waals surface area contributed by atoms with Crippen LogP contribution in [0.15, 0.2) is 18.2 Å². The standard InChI is InChI=1S/C18H28ClNO2.ClH/c1-6-22-17(20)16(8-7-9-19)13-10-14(18(2,3)4)12-15(11-13)21-5;/h10-12,16,20H,6-9H2,1-5H3;1H. The molecule has 0 heterocycles. The first-order valence-electron chi connectivity index (χ1n) is 7.80. The molecule has 0 spiro atoms. The van der Waals surface area contributed by atoms with Gasteiger partial charge in [0.25, 0.3) is 0 Å². The fourth-order valence-corrected chi connectivity index (χ4v) is 2.51. The first-order chi connectivity index (χ1) is 10.3. The van der Waals surface area contributed by atoms with E-state index in [2.05, 4.69) is 32.9 Å². The summed E-state index contributed by atoms with van der Waals surface area (Å²) in [4.78, 5) is 0. The van der Waals surface area contributed by atoms with E-state index in [9.17, 15) is 0 Å². The quantitative estimate of drug-likeness (QED) is 0.394. The number of alkyl halides is 1. The zero-order valence-electron chi connectivity index (χ0n) is 14.7. The van der Waals surface area contributed by atoms with E-state index in [1.165, 1.54) is 5.56 Å². The molecule has 0 aliphatic carbocycles. The lowest BCUT2D eigenvalue weighted by atomic mass is 9.83. The van der Waals surface area contributed by atoms with Gasteiger partial charge in [-0.3, -0.25) is 5.41 Å². The first-order valence-corrected chi connectivity index (χ1v) is 8.33. The molecular weight excluding hydrogens is 333 g/mol. The number of hydrogen-bond donors (Lipinski definition) is 1. The maximum atomic E-state index is 8.21. The highest BCUT2D eigenvalue weighted by molar-refractivity contribution is 6.17. The van der Waals surface area contributed by atoms with E-state index < -0.39 is 0 Å². The number of nitrogens with one attached hydrogen (secondary N) is 1. The lowest BCUT2D eigenvalue weighted by molar-refractivity contribution is 0.305. The minimum absolute atomic E-state index is 0. The second-order valence-corrected chi connectivity index (χ2v) is 6.80. The predicted molar refractivity (Wildman–Crippen MR) is 101 cm³/mol. The van der Waals surface area contributed by atoms with Gasteiger partial charge in [0.15, 0.2) is 5.90 Å². The second kappa shape index (κ2) is 10.0.